The van der Waals surface area contributed by atoms with Crippen LogP contribution >= 0.6 is 11.6 Å². The summed E-state index contributed by atoms with van der Waals surface area (Å²) in [5.74, 6) is 1.43. The van der Waals surface area contributed by atoms with Crippen molar-refractivity contribution in [3.8, 4) is 11.5 Å². The van der Waals surface area contributed by atoms with Crippen molar-refractivity contribution in [3.05, 3.63) is 52.5 Å². The summed E-state index contributed by atoms with van der Waals surface area (Å²) >= 11 is 6.21. The molecule has 0 saturated carbocycles. The van der Waals surface area contributed by atoms with Gasteiger partial charge in [0.2, 0.25) is 6.79 Å². The molecular weight excluding hydrogens is 262 g/mol. The fourth-order valence-electron chi connectivity index (χ4n) is 2.07. The van der Waals surface area contributed by atoms with Crippen molar-refractivity contribution in [1.82, 2.24) is 0 Å². The predicted octanol–water partition coefficient (Wildman–Crippen LogP) is 3.99. The van der Waals surface area contributed by atoms with Gasteiger partial charge in [-0.25, -0.2) is 0 Å². The van der Waals surface area contributed by atoms with E-state index in [4.69, 9.17) is 21.1 Å². The minimum absolute atomic E-state index is 0.257. The highest BCUT2D eigenvalue weighted by atomic mass is 35.5. The molecule has 98 valence electrons. The van der Waals surface area contributed by atoms with Crippen LogP contribution in [0.1, 0.15) is 11.1 Å². The minimum Gasteiger partial charge on any atom is -0.454 e. The van der Waals surface area contributed by atoms with E-state index in [1.165, 1.54) is 11.1 Å². The molecule has 19 heavy (non-hydrogen) atoms. The Labute approximate surface area is 117 Å². The number of hydrogen-bond acceptors (Lipinski definition) is 3. The molecule has 1 aliphatic heterocycles. The summed E-state index contributed by atoms with van der Waals surface area (Å²) < 4.78 is 10.6. The highest BCUT2D eigenvalue weighted by molar-refractivity contribution is 6.33. The third-order valence-electron chi connectivity index (χ3n) is 3.03. The molecule has 1 aliphatic rings. The fourth-order valence-corrected chi connectivity index (χ4v) is 2.29. The fraction of sp³-hybridized carbons (Fsp3) is 0.200. The smallest absolute Gasteiger partial charge is 0.231 e. The second kappa shape index (κ2) is 5.02. The van der Waals surface area contributed by atoms with Crippen molar-refractivity contribution in [2.24, 2.45) is 0 Å². The number of hydrogen-bond donors (Lipinski definition) is 1. The van der Waals surface area contributed by atoms with Gasteiger partial charge in [0.25, 0.3) is 0 Å². The molecule has 0 spiro atoms. The molecule has 4 heteroatoms. The monoisotopic (exact) mass is 275 g/mol. The van der Waals surface area contributed by atoms with Crippen LogP contribution in [0.25, 0.3) is 0 Å². The average Bonchev–Trinajstić information content (AvgIpc) is 2.83. The van der Waals surface area contributed by atoms with E-state index in [0.717, 1.165) is 18.0 Å². The second-order valence-corrected chi connectivity index (χ2v) is 4.94. The van der Waals surface area contributed by atoms with E-state index in [9.17, 15) is 0 Å². The topological polar surface area (TPSA) is 30.5 Å². The van der Waals surface area contributed by atoms with Crippen molar-refractivity contribution < 1.29 is 9.47 Å². The van der Waals surface area contributed by atoms with E-state index in [-0.39, 0.29) is 6.79 Å². The number of rotatable bonds is 3. The van der Waals surface area contributed by atoms with Crippen molar-refractivity contribution in [2.45, 2.75) is 13.5 Å². The summed E-state index contributed by atoms with van der Waals surface area (Å²) in [7, 11) is 0. The van der Waals surface area contributed by atoms with Crippen molar-refractivity contribution >= 4 is 17.3 Å². The molecule has 3 rings (SSSR count). The first kappa shape index (κ1) is 12.2. The van der Waals surface area contributed by atoms with E-state index in [2.05, 4.69) is 30.4 Å². The Balaban J connectivity index is 1.77. The molecule has 2 aromatic rings. The molecule has 0 aromatic heterocycles. The first-order valence-electron chi connectivity index (χ1n) is 6.11. The summed E-state index contributed by atoms with van der Waals surface area (Å²) in [6.45, 7) is 3.06. The van der Waals surface area contributed by atoms with E-state index >= 15 is 0 Å². The first-order valence-corrected chi connectivity index (χ1v) is 6.49. The number of nitrogens with one attached hydrogen (secondary N) is 1. The Morgan fingerprint density at radius 1 is 1.16 bits per heavy atom. The lowest BCUT2D eigenvalue weighted by Crippen LogP contribution is -2.00. The Hall–Kier alpha value is -1.87. The number of ether oxygens (including phenoxy) is 2. The van der Waals surface area contributed by atoms with Crippen LogP contribution in [0, 0.1) is 6.92 Å². The lowest BCUT2D eigenvalue weighted by atomic mass is 10.1. The average molecular weight is 276 g/mol. The summed E-state index contributed by atoms with van der Waals surface area (Å²) in [6.07, 6.45) is 0. The molecule has 0 bridgehead atoms. The van der Waals surface area contributed by atoms with Crippen LogP contribution in [0.4, 0.5) is 5.69 Å². The van der Waals surface area contributed by atoms with Gasteiger partial charge in [0, 0.05) is 18.7 Å². The van der Waals surface area contributed by atoms with E-state index < -0.39 is 0 Å². The van der Waals surface area contributed by atoms with Crippen LogP contribution < -0.4 is 14.8 Å². The number of benzene rings is 2. The molecule has 3 nitrogen and oxygen atoms in total. The maximum Gasteiger partial charge on any atom is 0.231 e. The van der Waals surface area contributed by atoms with E-state index in [0.29, 0.717) is 10.8 Å². The van der Waals surface area contributed by atoms with Gasteiger partial charge in [0.15, 0.2) is 11.5 Å². The van der Waals surface area contributed by atoms with Crippen LogP contribution in [-0.4, -0.2) is 6.79 Å². The van der Waals surface area contributed by atoms with Gasteiger partial charge in [0.1, 0.15) is 0 Å². The molecule has 0 radical (unpaired) electrons. The number of aryl methyl sites for hydroxylation is 1. The Morgan fingerprint density at radius 3 is 2.74 bits per heavy atom. The van der Waals surface area contributed by atoms with Gasteiger partial charge in [-0.1, -0.05) is 41.4 Å². The summed E-state index contributed by atoms with van der Waals surface area (Å²) in [5.41, 5.74) is 3.32. The molecule has 0 amide bonds. The SMILES string of the molecule is Cc1cccc(CNc2cc3c(cc2Cl)OCO3)c1. The molecule has 0 unspecified atom stereocenters. The highest BCUT2D eigenvalue weighted by Gasteiger charge is 2.16. The zero-order chi connectivity index (χ0) is 13.2. The minimum atomic E-state index is 0.257. The van der Waals surface area contributed by atoms with Gasteiger partial charge in [0.05, 0.1) is 10.7 Å². The normalized spacial score (nSPS) is 12.5. The molecule has 1 N–H and O–H groups in total. The van der Waals surface area contributed by atoms with Crippen molar-refractivity contribution in [2.75, 3.05) is 12.1 Å². The lowest BCUT2D eigenvalue weighted by Gasteiger charge is -2.10. The summed E-state index contributed by atoms with van der Waals surface area (Å²) in [5, 5.41) is 3.95. The van der Waals surface area contributed by atoms with Gasteiger partial charge in [-0.15, -0.1) is 0 Å². The van der Waals surface area contributed by atoms with Crippen LogP contribution in [0.15, 0.2) is 36.4 Å². The molecule has 0 fully saturated rings. The zero-order valence-corrected chi connectivity index (χ0v) is 11.3. The first-order chi connectivity index (χ1) is 9.22. The highest BCUT2D eigenvalue weighted by Crippen LogP contribution is 2.39. The molecule has 1 heterocycles. The van der Waals surface area contributed by atoms with E-state index in [1.54, 1.807) is 6.07 Å². The molecule has 0 saturated heterocycles. The third-order valence-corrected chi connectivity index (χ3v) is 3.34. The Bertz CT molecular complexity index is 613. The van der Waals surface area contributed by atoms with Gasteiger partial charge in [-0.3, -0.25) is 0 Å². The van der Waals surface area contributed by atoms with E-state index in [1.807, 2.05) is 12.1 Å². The van der Waals surface area contributed by atoms with Gasteiger partial charge in [-0.05, 0) is 12.5 Å². The lowest BCUT2D eigenvalue weighted by molar-refractivity contribution is 0.174. The van der Waals surface area contributed by atoms with Crippen molar-refractivity contribution in [1.29, 1.82) is 0 Å². The van der Waals surface area contributed by atoms with Crippen molar-refractivity contribution in [3.63, 3.8) is 0 Å². The maximum atomic E-state index is 6.21. The van der Waals surface area contributed by atoms with Gasteiger partial charge < -0.3 is 14.8 Å². The maximum absolute atomic E-state index is 6.21. The van der Waals surface area contributed by atoms with Gasteiger partial charge in [-0.2, -0.15) is 0 Å². The molecule has 0 aliphatic carbocycles. The largest absolute Gasteiger partial charge is 0.454 e. The number of anilines is 1. The van der Waals surface area contributed by atoms with Crippen LogP contribution in [-0.2, 0) is 6.54 Å². The molecule has 0 atom stereocenters. The van der Waals surface area contributed by atoms with Crippen LogP contribution in [0.3, 0.4) is 0 Å². The predicted molar refractivity (Wildman–Crippen MR) is 76.1 cm³/mol. The number of fused-ring (bicyclic) bond motifs is 1. The Morgan fingerprint density at radius 2 is 1.95 bits per heavy atom. The third kappa shape index (κ3) is 2.61. The van der Waals surface area contributed by atoms with Crippen LogP contribution in [0.5, 0.6) is 11.5 Å². The number of halogens is 1. The summed E-state index contributed by atoms with van der Waals surface area (Å²) in [4.78, 5) is 0. The second-order valence-electron chi connectivity index (χ2n) is 4.53. The van der Waals surface area contributed by atoms with Crippen LogP contribution in [0.2, 0.25) is 5.02 Å². The summed E-state index contributed by atoms with van der Waals surface area (Å²) in [6, 6.07) is 12.0. The molecule has 2 aromatic carbocycles. The quantitative estimate of drug-likeness (QED) is 0.919. The standard InChI is InChI=1S/C15H14ClNO2/c1-10-3-2-4-11(5-10)8-17-13-7-15-14(6-12(13)16)18-9-19-15/h2-7,17H,8-9H2,1H3. The zero-order valence-electron chi connectivity index (χ0n) is 10.6. The molecular formula is C15H14ClNO2. The van der Waals surface area contributed by atoms with Gasteiger partial charge >= 0.3 is 0 Å². The Kier molecular flexibility index (Phi) is 3.22.